The fraction of sp³-hybridized carbons (Fsp3) is 0.263. The van der Waals surface area contributed by atoms with Crippen molar-refractivity contribution in [2.75, 3.05) is 33.4 Å². The molecule has 0 aromatic carbocycles. The van der Waals surface area contributed by atoms with Crippen molar-refractivity contribution in [2.24, 2.45) is 0 Å². The number of methoxy groups -OCH3 is 1. The van der Waals surface area contributed by atoms with Crippen LogP contribution in [0.5, 0.6) is 5.88 Å². The van der Waals surface area contributed by atoms with E-state index in [1.807, 2.05) is 6.07 Å². The van der Waals surface area contributed by atoms with Crippen LogP contribution in [0.4, 0.5) is 0 Å². The molecule has 146 valence electrons. The summed E-state index contributed by atoms with van der Waals surface area (Å²) in [5, 5.41) is 21.6. The van der Waals surface area contributed by atoms with Gasteiger partial charge in [-0.15, -0.1) is 10.2 Å². The molecule has 0 spiro atoms. The van der Waals surface area contributed by atoms with Gasteiger partial charge in [0.1, 0.15) is 6.07 Å². The monoisotopic (exact) mass is 391 g/mol. The molecule has 1 amide bonds. The highest BCUT2D eigenvalue weighted by Crippen LogP contribution is 2.23. The lowest BCUT2D eigenvalue weighted by atomic mass is 10.2. The van der Waals surface area contributed by atoms with E-state index in [1.54, 1.807) is 35.2 Å². The molecule has 3 aromatic rings. The van der Waals surface area contributed by atoms with Crippen LogP contribution >= 0.6 is 0 Å². The van der Waals surface area contributed by atoms with Crippen LogP contribution in [0.25, 0.3) is 17.2 Å². The van der Waals surface area contributed by atoms with E-state index in [2.05, 4.69) is 20.3 Å². The van der Waals surface area contributed by atoms with Crippen LogP contribution in [0.15, 0.2) is 36.5 Å². The maximum atomic E-state index is 12.9. The number of carbonyl (C=O) groups excluding carboxylic acids is 1. The van der Waals surface area contributed by atoms with Crippen LogP contribution in [0.3, 0.4) is 0 Å². The first-order chi connectivity index (χ1) is 14.2. The largest absolute Gasteiger partial charge is 0.480 e. The second kappa shape index (κ2) is 8.04. The highest BCUT2D eigenvalue weighted by Gasteiger charge is 2.24. The highest BCUT2D eigenvalue weighted by molar-refractivity contribution is 5.93. The highest BCUT2D eigenvalue weighted by atomic mass is 16.5. The quantitative estimate of drug-likeness (QED) is 0.648. The summed E-state index contributed by atoms with van der Waals surface area (Å²) in [4.78, 5) is 18.9. The lowest BCUT2D eigenvalue weighted by Gasteiger charge is -2.25. The summed E-state index contributed by atoms with van der Waals surface area (Å²) in [6, 6.07) is 10.4. The Balaban J connectivity index is 1.76. The third kappa shape index (κ3) is 3.76. The predicted octanol–water partition coefficient (Wildman–Crippen LogP) is 1.08. The van der Waals surface area contributed by atoms with Crippen molar-refractivity contribution in [3.8, 4) is 29.2 Å². The van der Waals surface area contributed by atoms with Gasteiger partial charge in [0.2, 0.25) is 5.88 Å². The second-order valence-corrected chi connectivity index (χ2v) is 6.21. The standard InChI is InChI=1S/C19H17N7O3/c1-28-18-5-4-17(22-23-18)26-16(14-3-2-13(11-20)12-21-14)10-15(24-26)19(27)25-6-8-29-9-7-25/h2-5,10,12H,6-9H2,1H3. The zero-order valence-corrected chi connectivity index (χ0v) is 15.6. The molecule has 29 heavy (non-hydrogen) atoms. The van der Waals surface area contributed by atoms with E-state index < -0.39 is 0 Å². The number of amides is 1. The normalized spacial score (nSPS) is 13.7. The minimum atomic E-state index is -0.191. The van der Waals surface area contributed by atoms with Crippen LogP contribution < -0.4 is 4.74 Å². The summed E-state index contributed by atoms with van der Waals surface area (Å²) >= 11 is 0. The topological polar surface area (TPSA) is 119 Å². The van der Waals surface area contributed by atoms with Gasteiger partial charge in [-0.3, -0.25) is 9.78 Å². The Hall–Kier alpha value is -3.84. The molecule has 0 aliphatic carbocycles. The van der Waals surface area contributed by atoms with Crippen LogP contribution in [0, 0.1) is 11.3 Å². The fourth-order valence-corrected chi connectivity index (χ4v) is 2.92. The second-order valence-electron chi connectivity index (χ2n) is 6.21. The molecule has 4 rings (SSSR count). The van der Waals surface area contributed by atoms with Crippen LogP contribution in [0.2, 0.25) is 0 Å². The van der Waals surface area contributed by atoms with Crippen LogP contribution in [0.1, 0.15) is 16.1 Å². The molecule has 0 N–H and O–H groups in total. The van der Waals surface area contributed by atoms with Gasteiger partial charge in [-0.05, 0) is 24.3 Å². The Labute approximate surface area is 166 Å². The molecule has 1 fully saturated rings. The van der Waals surface area contributed by atoms with Crippen molar-refractivity contribution in [2.45, 2.75) is 0 Å². The number of ether oxygens (including phenoxy) is 2. The molecular weight excluding hydrogens is 374 g/mol. The zero-order valence-electron chi connectivity index (χ0n) is 15.6. The van der Waals surface area contributed by atoms with Crippen molar-refractivity contribution in [3.05, 3.63) is 47.8 Å². The van der Waals surface area contributed by atoms with Gasteiger partial charge in [-0.25, -0.2) is 4.68 Å². The number of nitrogens with zero attached hydrogens (tertiary/aromatic N) is 7. The van der Waals surface area contributed by atoms with E-state index in [4.69, 9.17) is 14.7 Å². The fourth-order valence-electron chi connectivity index (χ4n) is 2.92. The van der Waals surface area contributed by atoms with Gasteiger partial charge in [0.05, 0.1) is 37.3 Å². The number of carbonyl (C=O) groups is 1. The number of rotatable bonds is 4. The van der Waals surface area contributed by atoms with Crippen molar-refractivity contribution in [3.63, 3.8) is 0 Å². The Bertz CT molecular complexity index is 1050. The third-order valence-electron chi connectivity index (χ3n) is 4.43. The minimum absolute atomic E-state index is 0.191. The average molecular weight is 391 g/mol. The van der Waals surface area contributed by atoms with E-state index in [1.165, 1.54) is 18.0 Å². The van der Waals surface area contributed by atoms with Crippen molar-refractivity contribution >= 4 is 5.91 Å². The third-order valence-corrected chi connectivity index (χ3v) is 4.43. The summed E-state index contributed by atoms with van der Waals surface area (Å²) in [7, 11) is 1.50. The first-order valence-corrected chi connectivity index (χ1v) is 8.91. The Morgan fingerprint density at radius 1 is 1.21 bits per heavy atom. The van der Waals surface area contributed by atoms with Gasteiger partial charge in [0, 0.05) is 25.4 Å². The first kappa shape index (κ1) is 18.5. The number of aromatic nitrogens is 5. The average Bonchev–Trinajstić information content (AvgIpc) is 3.24. The Morgan fingerprint density at radius 3 is 2.66 bits per heavy atom. The van der Waals surface area contributed by atoms with Gasteiger partial charge < -0.3 is 14.4 Å². The molecule has 1 aliphatic rings. The molecule has 0 unspecified atom stereocenters. The predicted molar refractivity (Wildman–Crippen MR) is 100 cm³/mol. The molecule has 1 aliphatic heterocycles. The van der Waals surface area contributed by atoms with Gasteiger partial charge in [0.25, 0.3) is 5.91 Å². The van der Waals surface area contributed by atoms with E-state index in [-0.39, 0.29) is 11.6 Å². The molecule has 0 bridgehead atoms. The summed E-state index contributed by atoms with van der Waals surface area (Å²) in [6.07, 6.45) is 1.47. The number of nitriles is 1. The van der Waals surface area contributed by atoms with Gasteiger partial charge in [-0.1, -0.05) is 0 Å². The maximum Gasteiger partial charge on any atom is 0.274 e. The number of morpholine rings is 1. The smallest absolute Gasteiger partial charge is 0.274 e. The molecule has 1 saturated heterocycles. The summed E-state index contributed by atoms with van der Waals surface area (Å²) in [6.45, 7) is 2.03. The van der Waals surface area contributed by atoms with Gasteiger partial charge in [0.15, 0.2) is 11.5 Å². The molecule has 0 radical (unpaired) electrons. The number of pyridine rings is 1. The van der Waals surface area contributed by atoms with E-state index in [9.17, 15) is 4.79 Å². The van der Waals surface area contributed by atoms with Crippen molar-refractivity contribution < 1.29 is 14.3 Å². The molecule has 10 nitrogen and oxygen atoms in total. The molecule has 4 heterocycles. The van der Waals surface area contributed by atoms with E-state index in [0.29, 0.717) is 55.0 Å². The molecule has 0 atom stereocenters. The van der Waals surface area contributed by atoms with Gasteiger partial charge >= 0.3 is 0 Å². The lowest BCUT2D eigenvalue weighted by molar-refractivity contribution is 0.0298. The van der Waals surface area contributed by atoms with E-state index >= 15 is 0 Å². The number of hydrogen-bond donors (Lipinski definition) is 0. The molecular formula is C19H17N7O3. The Kier molecular flexibility index (Phi) is 5.13. The van der Waals surface area contributed by atoms with Crippen LogP contribution in [-0.4, -0.2) is 69.2 Å². The lowest BCUT2D eigenvalue weighted by Crippen LogP contribution is -2.40. The SMILES string of the molecule is COc1ccc(-n2nc(C(=O)N3CCOCC3)cc2-c2ccc(C#N)cn2)nn1. The summed E-state index contributed by atoms with van der Waals surface area (Å²) in [5.74, 6) is 0.583. The Morgan fingerprint density at radius 2 is 2.03 bits per heavy atom. The minimum Gasteiger partial charge on any atom is -0.480 e. The molecule has 0 saturated carbocycles. The first-order valence-electron chi connectivity index (χ1n) is 8.91. The van der Waals surface area contributed by atoms with Gasteiger partial charge in [-0.2, -0.15) is 10.4 Å². The van der Waals surface area contributed by atoms with E-state index in [0.717, 1.165) is 0 Å². The molecule has 3 aromatic heterocycles. The summed E-state index contributed by atoms with van der Waals surface area (Å²) in [5.41, 5.74) is 1.82. The van der Waals surface area contributed by atoms with Crippen LogP contribution in [-0.2, 0) is 4.74 Å². The molecule has 10 heteroatoms. The van der Waals surface area contributed by atoms with Crippen molar-refractivity contribution in [1.29, 1.82) is 5.26 Å². The van der Waals surface area contributed by atoms with Crippen molar-refractivity contribution in [1.82, 2.24) is 29.9 Å². The maximum absolute atomic E-state index is 12.9. The number of hydrogen-bond acceptors (Lipinski definition) is 8. The zero-order chi connectivity index (χ0) is 20.2. The summed E-state index contributed by atoms with van der Waals surface area (Å²) < 4.78 is 11.9.